The number of nitrogens with zero attached hydrogens (tertiary/aromatic N) is 5. The molecule has 1 aliphatic heterocycles. The maximum atomic E-state index is 13.3. The average molecular weight is 450 g/mol. The molecule has 2 amide bonds. The lowest BCUT2D eigenvalue weighted by Gasteiger charge is -2.26. The fraction of sp³-hybridized carbons (Fsp3) is 0.375. The van der Waals surface area contributed by atoms with Crippen molar-refractivity contribution in [2.75, 3.05) is 26.2 Å². The van der Waals surface area contributed by atoms with Gasteiger partial charge in [-0.3, -0.25) is 23.8 Å². The number of rotatable bonds is 6. The Kier molecular flexibility index (Phi) is 6.79. The molecule has 0 bridgehead atoms. The van der Waals surface area contributed by atoms with E-state index < -0.39 is 17.6 Å². The van der Waals surface area contributed by atoms with Crippen molar-refractivity contribution in [2.24, 2.45) is 5.92 Å². The fourth-order valence-corrected chi connectivity index (χ4v) is 3.90. The van der Waals surface area contributed by atoms with Crippen molar-refractivity contribution < 1.29 is 14.3 Å². The van der Waals surface area contributed by atoms with Crippen LogP contribution in [0.2, 0.25) is 0 Å². The molecular weight excluding hydrogens is 422 g/mol. The third-order valence-electron chi connectivity index (χ3n) is 5.45. The van der Waals surface area contributed by atoms with Gasteiger partial charge in [-0.2, -0.15) is 0 Å². The summed E-state index contributed by atoms with van der Waals surface area (Å²) in [5, 5.41) is 0. The van der Waals surface area contributed by atoms with E-state index in [2.05, 4.69) is 9.97 Å². The second-order valence-electron chi connectivity index (χ2n) is 8.58. The molecule has 0 aliphatic carbocycles. The average Bonchev–Trinajstić information content (AvgIpc) is 2.96. The largest absolute Gasteiger partial charge is 0.370 e. The zero-order valence-corrected chi connectivity index (χ0v) is 18.8. The summed E-state index contributed by atoms with van der Waals surface area (Å²) in [5.74, 6) is -0.427. The minimum Gasteiger partial charge on any atom is -0.370 e. The van der Waals surface area contributed by atoms with E-state index in [-0.39, 0.29) is 30.5 Å². The lowest BCUT2D eigenvalue weighted by atomic mass is 10.2. The number of carbonyl (C=O) groups excluding carboxylic acids is 2. The number of pyridine rings is 2. The molecule has 3 aromatic heterocycles. The molecule has 33 heavy (non-hydrogen) atoms. The van der Waals surface area contributed by atoms with E-state index in [0.29, 0.717) is 25.3 Å². The molecule has 0 spiro atoms. The van der Waals surface area contributed by atoms with Crippen LogP contribution < -0.4 is 5.56 Å². The minimum absolute atomic E-state index is 0.0742. The Balaban J connectivity index is 1.59. The number of hydrogen-bond donors (Lipinski definition) is 0. The highest BCUT2D eigenvalue weighted by Gasteiger charge is 2.32. The van der Waals surface area contributed by atoms with Crippen LogP contribution in [-0.4, -0.2) is 68.3 Å². The summed E-state index contributed by atoms with van der Waals surface area (Å²) in [6, 6.07) is 8.90. The number of amides is 2. The topological polar surface area (TPSA) is 97.1 Å². The summed E-state index contributed by atoms with van der Waals surface area (Å²) in [7, 11) is 0. The predicted octanol–water partition coefficient (Wildman–Crippen LogP) is 1.62. The van der Waals surface area contributed by atoms with Crippen molar-refractivity contribution in [3.63, 3.8) is 0 Å². The standard InChI is InChI=1S/C24H27N5O4/c1-17(2)12-27-13-19(33-16-18-6-5-8-25-10-18)14-28(15-22(27)30)23(31)20-11-26-21-7-3-4-9-29(21)24(20)32/h3-11,17,19H,12-16H2,1-2H3. The Morgan fingerprint density at radius 3 is 2.76 bits per heavy atom. The predicted molar refractivity (Wildman–Crippen MR) is 122 cm³/mol. The van der Waals surface area contributed by atoms with Gasteiger partial charge in [-0.1, -0.05) is 26.0 Å². The third-order valence-corrected chi connectivity index (χ3v) is 5.45. The van der Waals surface area contributed by atoms with Crippen molar-refractivity contribution >= 4 is 17.5 Å². The van der Waals surface area contributed by atoms with Crippen LogP contribution in [0.25, 0.3) is 5.65 Å². The molecule has 0 aromatic carbocycles. The molecule has 4 heterocycles. The van der Waals surface area contributed by atoms with E-state index in [4.69, 9.17) is 4.74 Å². The molecule has 1 atom stereocenters. The lowest BCUT2D eigenvalue weighted by molar-refractivity contribution is -0.132. The minimum atomic E-state index is -0.527. The van der Waals surface area contributed by atoms with Gasteiger partial charge in [-0.25, -0.2) is 4.98 Å². The monoisotopic (exact) mass is 449 g/mol. The van der Waals surface area contributed by atoms with Gasteiger partial charge in [0, 0.05) is 44.4 Å². The Bertz CT molecular complexity index is 1190. The summed E-state index contributed by atoms with van der Waals surface area (Å²) < 4.78 is 7.43. The van der Waals surface area contributed by atoms with E-state index in [1.54, 1.807) is 41.7 Å². The van der Waals surface area contributed by atoms with Gasteiger partial charge in [-0.05, 0) is 29.7 Å². The van der Waals surface area contributed by atoms with Crippen LogP contribution in [0.4, 0.5) is 0 Å². The van der Waals surface area contributed by atoms with Crippen LogP contribution in [0.5, 0.6) is 0 Å². The van der Waals surface area contributed by atoms with Crippen LogP contribution in [0.15, 0.2) is 59.9 Å². The number of fused-ring (bicyclic) bond motifs is 1. The van der Waals surface area contributed by atoms with E-state index in [1.807, 2.05) is 26.0 Å². The van der Waals surface area contributed by atoms with Gasteiger partial charge < -0.3 is 14.5 Å². The second-order valence-corrected chi connectivity index (χ2v) is 8.58. The number of ether oxygens (including phenoxy) is 1. The fourth-order valence-electron chi connectivity index (χ4n) is 3.90. The van der Waals surface area contributed by atoms with Crippen LogP contribution >= 0.6 is 0 Å². The molecule has 0 N–H and O–H groups in total. The smallest absolute Gasteiger partial charge is 0.270 e. The van der Waals surface area contributed by atoms with Gasteiger partial charge in [0.1, 0.15) is 17.8 Å². The first-order valence-electron chi connectivity index (χ1n) is 11.0. The summed E-state index contributed by atoms with van der Waals surface area (Å²) in [6.07, 6.45) is 5.86. The molecule has 172 valence electrons. The highest BCUT2D eigenvalue weighted by Crippen LogP contribution is 2.14. The Morgan fingerprint density at radius 2 is 2.00 bits per heavy atom. The van der Waals surface area contributed by atoms with E-state index in [1.165, 1.54) is 15.5 Å². The SMILES string of the molecule is CC(C)CN1CC(OCc2cccnc2)CN(C(=O)c2cnc3ccccn3c2=O)CC1=O. The van der Waals surface area contributed by atoms with Crippen molar-refractivity contribution in [3.8, 4) is 0 Å². The molecule has 1 saturated heterocycles. The van der Waals surface area contributed by atoms with Crippen LogP contribution in [0.3, 0.4) is 0 Å². The second kappa shape index (κ2) is 9.91. The molecule has 3 aromatic rings. The van der Waals surface area contributed by atoms with E-state index >= 15 is 0 Å². The maximum Gasteiger partial charge on any atom is 0.270 e. The van der Waals surface area contributed by atoms with Crippen LogP contribution in [0.1, 0.15) is 29.8 Å². The first kappa shape index (κ1) is 22.6. The van der Waals surface area contributed by atoms with Gasteiger partial charge in [0.2, 0.25) is 5.91 Å². The molecule has 4 rings (SSSR count). The van der Waals surface area contributed by atoms with Crippen molar-refractivity contribution in [3.05, 3.63) is 76.6 Å². The quantitative estimate of drug-likeness (QED) is 0.567. The Labute approximate surface area is 191 Å². The van der Waals surface area contributed by atoms with Crippen LogP contribution in [-0.2, 0) is 16.1 Å². The highest BCUT2D eigenvalue weighted by atomic mass is 16.5. The van der Waals surface area contributed by atoms with Crippen molar-refractivity contribution in [1.29, 1.82) is 0 Å². The van der Waals surface area contributed by atoms with Gasteiger partial charge >= 0.3 is 0 Å². The zero-order chi connectivity index (χ0) is 23.4. The summed E-state index contributed by atoms with van der Waals surface area (Å²) in [6.45, 7) is 5.39. The van der Waals surface area contributed by atoms with Crippen molar-refractivity contribution in [1.82, 2.24) is 24.2 Å². The van der Waals surface area contributed by atoms with Crippen LogP contribution in [0, 0.1) is 5.92 Å². The zero-order valence-electron chi connectivity index (χ0n) is 18.8. The lowest BCUT2D eigenvalue weighted by Crippen LogP contribution is -2.42. The normalized spacial score (nSPS) is 16.9. The maximum absolute atomic E-state index is 13.3. The molecule has 1 aliphatic rings. The number of aromatic nitrogens is 3. The Morgan fingerprint density at radius 1 is 1.15 bits per heavy atom. The first-order valence-corrected chi connectivity index (χ1v) is 11.0. The van der Waals surface area contributed by atoms with Crippen molar-refractivity contribution in [2.45, 2.75) is 26.6 Å². The van der Waals surface area contributed by atoms with Gasteiger partial charge in [0.25, 0.3) is 11.5 Å². The molecule has 0 radical (unpaired) electrons. The summed E-state index contributed by atoms with van der Waals surface area (Å²) in [4.78, 5) is 50.7. The molecule has 9 nitrogen and oxygen atoms in total. The van der Waals surface area contributed by atoms with E-state index in [0.717, 1.165) is 5.56 Å². The number of hydrogen-bond acceptors (Lipinski definition) is 6. The first-order chi connectivity index (χ1) is 15.9. The van der Waals surface area contributed by atoms with E-state index in [9.17, 15) is 14.4 Å². The molecule has 1 fully saturated rings. The molecule has 1 unspecified atom stereocenters. The van der Waals surface area contributed by atoms with Gasteiger partial charge in [-0.15, -0.1) is 0 Å². The highest BCUT2D eigenvalue weighted by molar-refractivity contribution is 5.96. The molecule has 0 saturated carbocycles. The number of carbonyl (C=O) groups is 2. The van der Waals surface area contributed by atoms with Gasteiger partial charge in [0.15, 0.2) is 0 Å². The Hall–Kier alpha value is -3.59. The summed E-state index contributed by atoms with van der Waals surface area (Å²) >= 11 is 0. The van der Waals surface area contributed by atoms with Gasteiger partial charge in [0.05, 0.1) is 12.7 Å². The molecule has 9 heteroatoms. The molecular formula is C24H27N5O4. The summed E-state index contributed by atoms with van der Waals surface area (Å²) in [5.41, 5.74) is 0.814. The third kappa shape index (κ3) is 5.25.